The first-order valence-corrected chi connectivity index (χ1v) is 5.67. The molecule has 0 aromatic heterocycles. The van der Waals surface area contributed by atoms with Crippen LogP contribution in [0.4, 0.5) is 0 Å². The van der Waals surface area contributed by atoms with Crippen molar-refractivity contribution < 1.29 is 4.79 Å². The molecular weight excluding hydrogens is 190 g/mol. The minimum absolute atomic E-state index is 0.0214. The fourth-order valence-corrected chi connectivity index (χ4v) is 1.94. The van der Waals surface area contributed by atoms with Crippen molar-refractivity contribution in [3.8, 4) is 6.07 Å². The molecule has 2 atom stereocenters. The lowest BCUT2D eigenvalue weighted by atomic mass is 10.1. The van der Waals surface area contributed by atoms with Gasteiger partial charge in [0.1, 0.15) is 0 Å². The highest BCUT2D eigenvalue weighted by Crippen LogP contribution is 2.24. The van der Waals surface area contributed by atoms with Crippen molar-refractivity contribution >= 4 is 5.91 Å². The van der Waals surface area contributed by atoms with Crippen LogP contribution in [0.3, 0.4) is 0 Å². The molecule has 2 unspecified atom stereocenters. The molecule has 1 rings (SSSR count). The van der Waals surface area contributed by atoms with Gasteiger partial charge in [-0.15, -0.1) is 0 Å². The third kappa shape index (κ3) is 3.88. The molecule has 1 saturated carbocycles. The number of carbonyl (C=O) groups excluding carboxylic acids is 1. The van der Waals surface area contributed by atoms with Crippen LogP contribution in [0.25, 0.3) is 0 Å². The molecule has 1 aliphatic carbocycles. The molecule has 0 saturated heterocycles. The maximum atomic E-state index is 11.5. The van der Waals surface area contributed by atoms with Gasteiger partial charge in [0.05, 0.1) is 12.0 Å². The fraction of sp³-hybridized carbons (Fsp3) is 0.818. The van der Waals surface area contributed by atoms with Crippen molar-refractivity contribution in [1.82, 2.24) is 10.6 Å². The average molecular weight is 209 g/mol. The maximum absolute atomic E-state index is 11.5. The van der Waals surface area contributed by atoms with E-state index in [0.717, 1.165) is 25.8 Å². The second kappa shape index (κ2) is 6.41. The molecule has 4 nitrogen and oxygen atoms in total. The summed E-state index contributed by atoms with van der Waals surface area (Å²) in [4.78, 5) is 11.5. The lowest BCUT2D eigenvalue weighted by Gasteiger charge is -2.15. The SMILES string of the molecule is CCNCCC(=O)NC1CCCC1C#N. The Morgan fingerprint density at radius 1 is 1.53 bits per heavy atom. The number of amides is 1. The molecule has 0 bridgehead atoms. The smallest absolute Gasteiger partial charge is 0.221 e. The van der Waals surface area contributed by atoms with Crippen molar-refractivity contribution in [2.45, 2.75) is 38.6 Å². The minimum atomic E-state index is 0.0214. The Balaban J connectivity index is 2.22. The second-order valence-electron chi connectivity index (χ2n) is 3.94. The molecule has 0 aromatic carbocycles. The largest absolute Gasteiger partial charge is 0.352 e. The Morgan fingerprint density at radius 3 is 3.00 bits per heavy atom. The standard InChI is InChI=1S/C11H19N3O/c1-2-13-7-6-11(15)14-10-5-3-4-9(10)8-12/h9-10,13H,2-7H2,1H3,(H,14,15). The molecule has 0 radical (unpaired) electrons. The minimum Gasteiger partial charge on any atom is -0.352 e. The van der Waals surface area contributed by atoms with Crippen LogP contribution in [0.1, 0.15) is 32.6 Å². The Labute approximate surface area is 91.0 Å². The van der Waals surface area contributed by atoms with Gasteiger partial charge in [0.2, 0.25) is 5.91 Å². The van der Waals surface area contributed by atoms with E-state index in [9.17, 15) is 4.79 Å². The van der Waals surface area contributed by atoms with Gasteiger partial charge < -0.3 is 10.6 Å². The zero-order valence-corrected chi connectivity index (χ0v) is 9.25. The van der Waals surface area contributed by atoms with Crippen molar-refractivity contribution in [3.05, 3.63) is 0 Å². The Hall–Kier alpha value is -1.08. The first-order valence-electron chi connectivity index (χ1n) is 5.67. The number of nitrogens with one attached hydrogen (secondary N) is 2. The number of hydrogen-bond acceptors (Lipinski definition) is 3. The highest BCUT2D eigenvalue weighted by molar-refractivity contribution is 5.76. The van der Waals surface area contributed by atoms with Gasteiger partial charge in [-0.05, 0) is 25.8 Å². The molecule has 2 N–H and O–H groups in total. The summed E-state index contributed by atoms with van der Waals surface area (Å²) in [5.41, 5.74) is 0. The topological polar surface area (TPSA) is 64.9 Å². The van der Waals surface area contributed by atoms with Gasteiger partial charge in [-0.3, -0.25) is 4.79 Å². The third-order valence-electron chi connectivity index (χ3n) is 2.81. The molecule has 0 spiro atoms. The number of nitriles is 1. The van der Waals surface area contributed by atoms with E-state index in [1.54, 1.807) is 0 Å². The predicted molar refractivity (Wildman–Crippen MR) is 58.0 cm³/mol. The zero-order valence-electron chi connectivity index (χ0n) is 9.25. The fourth-order valence-electron chi connectivity index (χ4n) is 1.94. The van der Waals surface area contributed by atoms with Crippen LogP contribution in [-0.2, 0) is 4.79 Å². The number of nitrogens with zero attached hydrogens (tertiary/aromatic N) is 1. The first-order chi connectivity index (χ1) is 7.27. The van der Waals surface area contributed by atoms with E-state index >= 15 is 0 Å². The van der Waals surface area contributed by atoms with Crippen molar-refractivity contribution in [2.24, 2.45) is 5.92 Å². The van der Waals surface area contributed by atoms with E-state index in [1.807, 2.05) is 6.92 Å². The highest BCUT2D eigenvalue weighted by atomic mass is 16.1. The van der Waals surface area contributed by atoms with Crippen molar-refractivity contribution in [2.75, 3.05) is 13.1 Å². The van der Waals surface area contributed by atoms with Gasteiger partial charge in [-0.1, -0.05) is 6.92 Å². The van der Waals surface area contributed by atoms with Gasteiger partial charge in [0, 0.05) is 19.0 Å². The molecule has 1 fully saturated rings. The summed E-state index contributed by atoms with van der Waals surface area (Å²) in [5, 5.41) is 14.9. The molecule has 0 heterocycles. The highest BCUT2D eigenvalue weighted by Gasteiger charge is 2.27. The van der Waals surface area contributed by atoms with Gasteiger partial charge >= 0.3 is 0 Å². The van der Waals surface area contributed by atoms with Crippen LogP contribution in [0, 0.1) is 17.2 Å². The quantitative estimate of drug-likeness (QED) is 0.658. The zero-order chi connectivity index (χ0) is 11.1. The van der Waals surface area contributed by atoms with E-state index in [1.165, 1.54) is 0 Å². The number of rotatable bonds is 5. The Morgan fingerprint density at radius 2 is 2.33 bits per heavy atom. The summed E-state index contributed by atoms with van der Waals surface area (Å²) in [6.07, 6.45) is 3.43. The summed E-state index contributed by atoms with van der Waals surface area (Å²) in [6.45, 7) is 3.62. The molecule has 0 aliphatic heterocycles. The second-order valence-corrected chi connectivity index (χ2v) is 3.94. The van der Waals surface area contributed by atoms with Crippen LogP contribution in [-0.4, -0.2) is 25.0 Å². The lowest BCUT2D eigenvalue weighted by molar-refractivity contribution is -0.121. The third-order valence-corrected chi connectivity index (χ3v) is 2.81. The summed E-state index contributed by atoms with van der Waals surface area (Å²) in [7, 11) is 0. The van der Waals surface area contributed by atoms with E-state index in [0.29, 0.717) is 13.0 Å². The van der Waals surface area contributed by atoms with Crippen LogP contribution in [0.5, 0.6) is 0 Å². The molecular formula is C11H19N3O. The molecule has 1 amide bonds. The van der Waals surface area contributed by atoms with Crippen LogP contribution >= 0.6 is 0 Å². The monoisotopic (exact) mass is 209 g/mol. The molecule has 0 aromatic rings. The van der Waals surface area contributed by atoms with E-state index in [-0.39, 0.29) is 17.9 Å². The lowest BCUT2D eigenvalue weighted by Crippen LogP contribution is -2.38. The van der Waals surface area contributed by atoms with E-state index in [4.69, 9.17) is 5.26 Å². The van der Waals surface area contributed by atoms with Gasteiger partial charge in [-0.2, -0.15) is 5.26 Å². The average Bonchev–Trinajstić information content (AvgIpc) is 2.65. The molecule has 4 heteroatoms. The summed E-state index contributed by atoms with van der Waals surface area (Å²) in [6, 6.07) is 2.34. The number of carbonyl (C=O) groups is 1. The van der Waals surface area contributed by atoms with Gasteiger partial charge in [0.25, 0.3) is 0 Å². The van der Waals surface area contributed by atoms with Crippen molar-refractivity contribution in [1.29, 1.82) is 5.26 Å². The summed E-state index contributed by atoms with van der Waals surface area (Å²) < 4.78 is 0. The molecule has 15 heavy (non-hydrogen) atoms. The Bertz CT molecular complexity index is 247. The van der Waals surface area contributed by atoms with Crippen LogP contribution in [0.2, 0.25) is 0 Å². The van der Waals surface area contributed by atoms with Gasteiger partial charge in [-0.25, -0.2) is 0 Å². The van der Waals surface area contributed by atoms with Crippen LogP contribution < -0.4 is 10.6 Å². The van der Waals surface area contributed by atoms with E-state index < -0.39 is 0 Å². The summed E-state index contributed by atoms with van der Waals surface area (Å²) >= 11 is 0. The first kappa shape index (κ1) is 12.0. The van der Waals surface area contributed by atoms with Crippen LogP contribution in [0.15, 0.2) is 0 Å². The van der Waals surface area contributed by atoms with Crippen molar-refractivity contribution in [3.63, 3.8) is 0 Å². The number of hydrogen-bond donors (Lipinski definition) is 2. The van der Waals surface area contributed by atoms with Gasteiger partial charge in [0.15, 0.2) is 0 Å². The van der Waals surface area contributed by atoms with E-state index in [2.05, 4.69) is 16.7 Å². The summed E-state index contributed by atoms with van der Waals surface area (Å²) in [5.74, 6) is 0.0798. The predicted octanol–water partition coefficient (Wildman–Crippen LogP) is 0.794. The Kier molecular flexibility index (Phi) is 5.13. The molecule has 1 aliphatic rings. The molecule has 84 valence electrons. The maximum Gasteiger partial charge on any atom is 0.221 e. The normalized spacial score (nSPS) is 24.8.